The molecule has 1 aliphatic heterocycles. The third-order valence-corrected chi connectivity index (χ3v) is 8.32. The predicted octanol–water partition coefficient (Wildman–Crippen LogP) is 4.73. The maximum absolute atomic E-state index is 12.8. The number of benzene rings is 1. The third kappa shape index (κ3) is 3.90. The van der Waals surface area contributed by atoms with Gasteiger partial charge in [0.05, 0.1) is 11.8 Å². The molecule has 1 saturated carbocycles. The number of hydrogen-bond acceptors (Lipinski definition) is 5. The van der Waals surface area contributed by atoms with Gasteiger partial charge in [0.15, 0.2) is 0 Å². The van der Waals surface area contributed by atoms with Crippen LogP contribution in [-0.2, 0) is 24.1 Å². The summed E-state index contributed by atoms with van der Waals surface area (Å²) >= 11 is 1.91. The Labute approximate surface area is 193 Å². The highest BCUT2D eigenvalue weighted by atomic mass is 32.1. The van der Waals surface area contributed by atoms with E-state index < -0.39 is 0 Å². The van der Waals surface area contributed by atoms with Crippen LogP contribution in [0.1, 0.15) is 59.9 Å². The second kappa shape index (κ2) is 8.47. The van der Waals surface area contributed by atoms with Crippen molar-refractivity contribution in [3.8, 4) is 0 Å². The Morgan fingerprint density at radius 1 is 0.969 bits per heavy atom. The zero-order chi connectivity index (χ0) is 21.5. The van der Waals surface area contributed by atoms with E-state index in [1.54, 1.807) is 0 Å². The average Bonchev–Trinajstić information content (AvgIpc) is 3.65. The topological polar surface area (TPSA) is 49.3 Å². The third-order valence-electron chi connectivity index (χ3n) is 7.14. The Bertz CT molecular complexity index is 1130. The molecule has 2 fully saturated rings. The molecule has 3 aromatic rings. The SMILES string of the molecule is O=C(Cc1ccccc1)N1CCN(c2nc(C3CC3)nc3sc4c(c23)CCCCC4)CC1. The van der Waals surface area contributed by atoms with Gasteiger partial charge in [0.25, 0.3) is 0 Å². The van der Waals surface area contributed by atoms with Gasteiger partial charge in [-0.25, -0.2) is 9.97 Å². The van der Waals surface area contributed by atoms with Gasteiger partial charge in [0.1, 0.15) is 16.5 Å². The number of anilines is 1. The molecule has 0 spiro atoms. The van der Waals surface area contributed by atoms with Gasteiger partial charge in [0.2, 0.25) is 5.91 Å². The fraction of sp³-hybridized carbons (Fsp3) is 0.500. The van der Waals surface area contributed by atoms with Crippen molar-refractivity contribution >= 4 is 33.3 Å². The molecule has 166 valence electrons. The number of amides is 1. The minimum absolute atomic E-state index is 0.228. The standard InChI is InChI=1S/C26H30N4OS/c31-22(17-18-7-3-1-4-8-18)29-13-15-30(16-14-29)25-23-20-9-5-2-6-10-21(20)32-26(23)28-24(27-25)19-11-12-19/h1,3-4,7-8,19H,2,5-6,9-17H2. The summed E-state index contributed by atoms with van der Waals surface area (Å²) in [6.07, 6.45) is 9.16. The molecule has 32 heavy (non-hydrogen) atoms. The molecule has 0 radical (unpaired) electrons. The molecule has 3 aliphatic rings. The smallest absolute Gasteiger partial charge is 0.227 e. The van der Waals surface area contributed by atoms with Crippen LogP contribution in [0.4, 0.5) is 5.82 Å². The Morgan fingerprint density at radius 2 is 1.75 bits per heavy atom. The molecular formula is C26H30N4OS. The lowest BCUT2D eigenvalue weighted by Crippen LogP contribution is -2.49. The molecule has 1 aromatic carbocycles. The number of carbonyl (C=O) groups excluding carboxylic acids is 1. The van der Waals surface area contributed by atoms with Gasteiger partial charge in [-0.05, 0) is 49.7 Å². The number of rotatable bonds is 4. The summed E-state index contributed by atoms with van der Waals surface area (Å²) < 4.78 is 0. The summed E-state index contributed by atoms with van der Waals surface area (Å²) in [5, 5.41) is 1.32. The van der Waals surface area contributed by atoms with Gasteiger partial charge < -0.3 is 9.80 Å². The van der Waals surface area contributed by atoms with E-state index in [1.165, 1.54) is 59.2 Å². The minimum Gasteiger partial charge on any atom is -0.352 e. The average molecular weight is 447 g/mol. The van der Waals surface area contributed by atoms with Crippen molar-refractivity contribution in [3.63, 3.8) is 0 Å². The molecular weight excluding hydrogens is 416 g/mol. The van der Waals surface area contributed by atoms with E-state index in [4.69, 9.17) is 9.97 Å². The van der Waals surface area contributed by atoms with Crippen molar-refractivity contribution in [2.75, 3.05) is 31.1 Å². The number of fused-ring (bicyclic) bond motifs is 3. The highest BCUT2D eigenvalue weighted by Crippen LogP contribution is 2.44. The molecule has 0 bridgehead atoms. The van der Waals surface area contributed by atoms with Crippen LogP contribution in [-0.4, -0.2) is 47.0 Å². The lowest BCUT2D eigenvalue weighted by Gasteiger charge is -2.36. The van der Waals surface area contributed by atoms with E-state index >= 15 is 0 Å². The lowest BCUT2D eigenvalue weighted by molar-refractivity contribution is -0.130. The van der Waals surface area contributed by atoms with Gasteiger partial charge in [0, 0.05) is 37.0 Å². The number of nitrogens with zero attached hydrogens (tertiary/aromatic N) is 4. The monoisotopic (exact) mass is 446 g/mol. The first-order chi connectivity index (χ1) is 15.8. The van der Waals surface area contributed by atoms with Crippen molar-refractivity contribution in [3.05, 3.63) is 52.2 Å². The molecule has 6 heteroatoms. The van der Waals surface area contributed by atoms with Gasteiger partial charge in [-0.1, -0.05) is 36.8 Å². The van der Waals surface area contributed by atoms with Crippen molar-refractivity contribution in [1.82, 2.24) is 14.9 Å². The largest absolute Gasteiger partial charge is 0.352 e. The Balaban J connectivity index is 1.26. The van der Waals surface area contributed by atoms with Crippen molar-refractivity contribution in [2.45, 2.75) is 57.3 Å². The Hall–Kier alpha value is -2.47. The van der Waals surface area contributed by atoms with E-state index in [2.05, 4.69) is 4.90 Å². The molecule has 6 rings (SSSR count). The summed E-state index contributed by atoms with van der Waals surface area (Å²) in [4.78, 5) is 30.2. The van der Waals surface area contributed by atoms with Gasteiger partial charge in [-0.3, -0.25) is 4.79 Å². The molecule has 1 amide bonds. The molecule has 5 nitrogen and oxygen atoms in total. The fourth-order valence-corrected chi connectivity index (χ4v) is 6.40. The number of carbonyl (C=O) groups is 1. The molecule has 2 aromatic heterocycles. The predicted molar refractivity (Wildman–Crippen MR) is 130 cm³/mol. The summed E-state index contributed by atoms with van der Waals surface area (Å²) in [6.45, 7) is 3.23. The van der Waals surface area contributed by atoms with Crippen LogP contribution in [0.3, 0.4) is 0 Å². The van der Waals surface area contributed by atoms with Crippen LogP contribution >= 0.6 is 11.3 Å². The van der Waals surface area contributed by atoms with E-state index in [0.29, 0.717) is 12.3 Å². The second-order valence-electron chi connectivity index (χ2n) is 9.45. The van der Waals surface area contributed by atoms with Crippen molar-refractivity contribution in [2.24, 2.45) is 0 Å². The molecule has 0 N–H and O–H groups in total. The molecule has 1 saturated heterocycles. The van der Waals surface area contributed by atoms with Crippen LogP contribution in [0, 0.1) is 0 Å². The number of piperazine rings is 1. The van der Waals surface area contributed by atoms with Gasteiger partial charge >= 0.3 is 0 Å². The maximum atomic E-state index is 12.8. The van der Waals surface area contributed by atoms with Crippen LogP contribution in [0.15, 0.2) is 30.3 Å². The van der Waals surface area contributed by atoms with Crippen molar-refractivity contribution < 1.29 is 4.79 Å². The van der Waals surface area contributed by atoms with Crippen LogP contribution in [0.2, 0.25) is 0 Å². The van der Waals surface area contributed by atoms with Crippen LogP contribution in [0.5, 0.6) is 0 Å². The molecule has 0 atom stereocenters. The highest BCUT2D eigenvalue weighted by Gasteiger charge is 2.31. The fourth-order valence-electron chi connectivity index (χ4n) is 5.13. The first-order valence-corrected chi connectivity index (χ1v) is 13.0. The highest BCUT2D eigenvalue weighted by molar-refractivity contribution is 7.19. The quantitative estimate of drug-likeness (QED) is 0.544. The van der Waals surface area contributed by atoms with E-state index in [0.717, 1.165) is 49.8 Å². The van der Waals surface area contributed by atoms with Crippen LogP contribution in [0.25, 0.3) is 10.2 Å². The number of thiophene rings is 1. The number of aromatic nitrogens is 2. The first-order valence-electron chi connectivity index (χ1n) is 12.1. The van der Waals surface area contributed by atoms with E-state index in [1.807, 2.05) is 46.6 Å². The first kappa shape index (κ1) is 20.2. The molecule has 0 unspecified atom stereocenters. The molecule has 2 aliphatic carbocycles. The Morgan fingerprint density at radius 3 is 2.53 bits per heavy atom. The zero-order valence-electron chi connectivity index (χ0n) is 18.6. The number of aryl methyl sites for hydroxylation is 2. The summed E-state index contributed by atoms with van der Waals surface area (Å²) in [7, 11) is 0. The van der Waals surface area contributed by atoms with E-state index in [9.17, 15) is 4.79 Å². The Kier molecular flexibility index (Phi) is 5.34. The second-order valence-corrected chi connectivity index (χ2v) is 10.5. The van der Waals surface area contributed by atoms with Gasteiger partial charge in [-0.2, -0.15) is 0 Å². The normalized spacial score (nSPS) is 19.1. The minimum atomic E-state index is 0.228. The summed E-state index contributed by atoms with van der Waals surface area (Å²) in [5.74, 6) is 2.97. The lowest BCUT2D eigenvalue weighted by atomic mass is 10.1. The maximum Gasteiger partial charge on any atom is 0.227 e. The zero-order valence-corrected chi connectivity index (χ0v) is 19.4. The van der Waals surface area contributed by atoms with Gasteiger partial charge in [-0.15, -0.1) is 11.3 Å². The summed E-state index contributed by atoms with van der Waals surface area (Å²) in [5.41, 5.74) is 2.61. The number of hydrogen-bond donors (Lipinski definition) is 0. The van der Waals surface area contributed by atoms with Crippen LogP contribution < -0.4 is 4.90 Å². The van der Waals surface area contributed by atoms with Crippen molar-refractivity contribution in [1.29, 1.82) is 0 Å². The van der Waals surface area contributed by atoms with E-state index in [-0.39, 0.29) is 5.91 Å². The molecule has 3 heterocycles. The summed E-state index contributed by atoms with van der Waals surface area (Å²) in [6, 6.07) is 10.1.